The fourth-order valence-electron chi connectivity index (χ4n) is 4.42. The number of rotatable bonds is 7. The molecule has 32 heavy (non-hydrogen) atoms. The van der Waals surface area contributed by atoms with E-state index in [1.807, 2.05) is 53.2 Å². The van der Waals surface area contributed by atoms with Gasteiger partial charge < -0.3 is 9.64 Å². The van der Waals surface area contributed by atoms with Crippen molar-refractivity contribution in [3.8, 4) is 0 Å². The van der Waals surface area contributed by atoms with Crippen LogP contribution in [0.4, 0.5) is 4.79 Å². The number of hydrogen-bond acceptors (Lipinski definition) is 5. The van der Waals surface area contributed by atoms with Crippen molar-refractivity contribution in [1.29, 1.82) is 0 Å². The second kappa shape index (κ2) is 8.47. The van der Waals surface area contributed by atoms with Crippen LogP contribution in [0.1, 0.15) is 34.5 Å². The summed E-state index contributed by atoms with van der Waals surface area (Å²) in [7, 11) is 1.34. The lowest BCUT2D eigenvalue weighted by molar-refractivity contribution is -0.146. The summed E-state index contributed by atoms with van der Waals surface area (Å²) >= 11 is 0. The van der Waals surface area contributed by atoms with Crippen molar-refractivity contribution in [2.24, 2.45) is 0 Å². The monoisotopic (exact) mass is 432 g/mol. The molecule has 2 amide bonds. The van der Waals surface area contributed by atoms with Crippen LogP contribution in [-0.2, 0) is 33.9 Å². The van der Waals surface area contributed by atoms with Crippen molar-refractivity contribution in [3.05, 3.63) is 89.2 Å². The highest BCUT2D eigenvalue weighted by molar-refractivity contribution is 5.87. The molecule has 3 aromatic rings. The summed E-state index contributed by atoms with van der Waals surface area (Å²) < 4.78 is 6.88. The number of hydrogen-bond donors (Lipinski definition) is 0. The predicted molar refractivity (Wildman–Crippen MR) is 115 cm³/mol. The van der Waals surface area contributed by atoms with E-state index < -0.39 is 12.0 Å². The molecule has 2 aromatic carbocycles. The summed E-state index contributed by atoms with van der Waals surface area (Å²) in [6.07, 6.45) is 2.51. The van der Waals surface area contributed by atoms with Crippen molar-refractivity contribution in [1.82, 2.24) is 19.7 Å². The van der Waals surface area contributed by atoms with E-state index in [2.05, 4.69) is 17.2 Å². The normalized spacial score (nSPS) is 19.2. The van der Waals surface area contributed by atoms with Crippen LogP contribution in [0.5, 0.6) is 0 Å². The maximum Gasteiger partial charge on any atom is 0.345 e. The van der Waals surface area contributed by atoms with Gasteiger partial charge in [-0.05, 0) is 17.5 Å². The Morgan fingerprint density at radius 3 is 2.44 bits per heavy atom. The molecule has 1 aromatic heterocycles. The fourth-order valence-corrected chi connectivity index (χ4v) is 4.42. The first kappa shape index (κ1) is 20.3. The molecule has 0 spiro atoms. The average Bonchev–Trinajstić information content (AvgIpc) is 3.38. The molecule has 0 radical (unpaired) electrons. The van der Waals surface area contributed by atoms with Crippen molar-refractivity contribution < 1.29 is 19.2 Å². The molecule has 8 nitrogen and oxygen atoms in total. The number of aryl methyl sites for hydroxylation is 2. The topological polar surface area (TPSA) is 76.9 Å². The first-order chi connectivity index (χ1) is 15.7. The first-order valence-corrected chi connectivity index (χ1v) is 10.6. The van der Waals surface area contributed by atoms with Crippen LogP contribution in [0.15, 0.2) is 66.9 Å². The summed E-state index contributed by atoms with van der Waals surface area (Å²) in [4.78, 5) is 33.4. The number of amides is 2. The van der Waals surface area contributed by atoms with Gasteiger partial charge in [-0.15, -0.1) is 0 Å². The number of methoxy groups -OCH3 is 1. The first-order valence-electron chi connectivity index (χ1n) is 10.6. The van der Waals surface area contributed by atoms with Gasteiger partial charge in [0.2, 0.25) is 0 Å². The molecule has 2 bridgehead atoms. The maximum absolute atomic E-state index is 13.2. The van der Waals surface area contributed by atoms with Crippen LogP contribution in [0.2, 0.25) is 0 Å². The quantitative estimate of drug-likeness (QED) is 0.536. The average molecular weight is 432 g/mol. The molecule has 2 aliphatic rings. The predicted octanol–water partition coefficient (Wildman–Crippen LogP) is 3.26. The summed E-state index contributed by atoms with van der Waals surface area (Å²) in [6, 6.07) is 18.2. The molecule has 1 fully saturated rings. The van der Waals surface area contributed by atoms with E-state index in [1.54, 1.807) is 6.20 Å². The van der Waals surface area contributed by atoms with Gasteiger partial charge >= 0.3 is 12.0 Å². The molecule has 2 unspecified atom stereocenters. The molecular formula is C24H24N4O4. The maximum atomic E-state index is 13.2. The Bertz CT molecular complexity index is 1120. The van der Waals surface area contributed by atoms with Gasteiger partial charge in [0, 0.05) is 12.1 Å². The Morgan fingerprint density at radius 2 is 1.75 bits per heavy atom. The second-order valence-corrected chi connectivity index (χ2v) is 7.91. The molecule has 1 saturated heterocycles. The number of hydroxylamine groups is 2. The number of carbonyl (C=O) groups excluding carboxylic acids is 2. The Hall–Kier alpha value is -3.65. The third-order valence-electron chi connectivity index (χ3n) is 6.02. The van der Waals surface area contributed by atoms with E-state index >= 15 is 0 Å². The zero-order valence-electron chi connectivity index (χ0n) is 17.8. The van der Waals surface area contributed by atoms with Crippen molar-refractivity contribution >= 4 is 12.0 Å². The largest absolute Gasteiger partial charge is 0.467 e. The number of ether oxygens (including phenoxy) is 1. The highest BCUT2D eigenvalue weighted by Crippen LogP contribution is 2.44. The van der Waals surface area contributed by atoms with E-state index in [-0.39, 0.29) is 18.7 Å². The molecule has 8 heteroatoms. The number of nitrogens with zero attached hydrogens (tertiary/aromatic N) is 4. The van der Waals surface area contributed by atoms with Crippen LogP contribution >= 0.6 is 0 Å². The van der Waals surface area contributed by atoms with E-state index in [0.29, 0.717) is 18.8 Å². The summed E-state index contributed by atoms with van der Waals surface area (Å²) in [6.45, 7) is 1.20. The highest BCUT2D eigenvalue weighted by Gasteiger charge is 2.53. The van der Waals surface area contributed by atoms with Crippen LogP contribution in [0.25, 0.3) is 0 Å². The molecule has 0 N–H and O–H groups in total. The number of urea groups is 1. The number of aromatic nitrogens is 2. The molecule has 5 rings (SSSR count). The van der Waals surface area contributed by atoms with Gasteiger partial charge in [0.05, 0.1) is 25.5 Å². The Balaban J connectivity index is 1.44. The van der Waals surface area contributed by atoms with E-state index in [4.69, 9.17) is 9.57 Å². The number of fused-ring (bicyclic) bond motifs is 4. The summed E-state index contributed by atoms with van der Waals surface area (Å²) in [5.41, 5.74) is 3.65. The van der Waals surface area contributed by atoms with Gasteiger partial charge in [0.1, 0.15) is 12.6 Å². The Kier molecular flexibility index (Phi) is 5.36. The molecule has 3 heterocycles. The lowest BCUT2D eigenvalue weighted by atomic mass is 9.98. The van der Waals surface area contributed by atoms with Gasteiger partial charge in [-0.25, -0.2) is 9.59 Å². The molecule has 0 aliphatic carbocycles. The lowest BCUT2D eigenvalue weighted by Gasteiger charge is -2.29. The highest BCUT2D eigenvalue weighted by atomic mass is 16.7. The number of carbonyl (C=O) groups is 2. The van der Waals surface area contributed by atoms with Crippen molar-refractivity contribution in [2.45, 2.75) is 31.7 Å². The van der Waals surface area contributed by atoms with Gasteiger partial charge in [-0.3, -0.25) is 9.52 Å². The van der Waals surface area contributed by atoms with E-state index in [9.17, 15) is 9.59 Å². The SMILES string of the molecule is COC(=O)C1c2c(cnn2CCc2ccccc2)C2CN1C(=O)N2OCc1ccccc1. The third-order valence-corrected chi connectivity index (χ3v) is 6.02. The van der Waals surface area contributed by atoms with E-state index in [1.165, 1.54) is 22.6 Å². The number of esters is 1. The van der Waals surface area contributed by atoms with Gasteiger partial charge in [0.25, 0.3) is 0 Å². The van der Waals surface area contributed by atoms with Crippen LogP contribution < -0.4 is 0 Å². The standard InChI is InChI=1S/C24H24N4O4/c1-31-23(29)22-21-19(14-25-27(21)13-12-17-8-4-2-5-9-17)20-15-26(22)24(30)28(20)32-16-18-10-6-3-7-11-18/h2-11,14,20,22H,12-13,15-16H2,1H3. The fraction of sp³-hybridized carbons (Fsp3) is 0.292. The van der Waals surface area contributed by atoms with E-state index in [0.717, 1.165) is 17.5 Å². The minimum atomic E-state index is -0.845. The van der Waals surface area contributed by atoms with Crippen LogP contribution in [0.3, 0.4) is 0 Å². The van der Waals surface area contributed by atoms with Crippen LogP contribution in [-0.4, -0.2) is 45.4 Å². The third kappa shape index (κ3) is 3.52. The number of benzene rings is 2. The molecule has 2 aliphatic heterocycles. The second-order valence-electron chi connectivity index (χ2n) is 7.91. The van der Waals surface area contributed by atoms with Gasteiger partial charge in [-0.2, -0.15) is 10.2 Å². The molecule has 164 valence electrons. The molecule has 2 atom stereocenters. The molecular weight excluding hydrogens is 408 g/mol. The zero-order chi connectivity index (χ0) is 22.1. The zero-order valence-corrected chi connectivity index (χ0v) is 17.8. The van der Waals surface area contributed by atoms with Gasteiger partial charge in [-0.1, -0.05) is 60.7 Å². The minimum absolute atomic E-state index is 0.261. The van der Waals surface area contributed by atoms with Crippen molar-refractivity contribution in [3.63, 3.8) is 0 Å². The Labute approximate surface area is 185 Å². The van der Waals surface area contributed by atoms with Crippen molar-refractivity contribution in [2.75, 3.05) is 13.7 Å². The Morgan fingerprint density at radius 1 is 1.06 bits per heavy atom. The lowest BCUT2D eigenvalue weighted by Crippen LogP contribution is -2.40. The van der Waals surface area contributed by atoms with Crippen LogP contribution in [0, 0.1) is 0 Å². The summed E-state index contributed by atoms with van der Waals surface area (Å²) in [5, 5.41) is 5.94. The summed E-state index contributed by atoms with van der Waals surface area (Å²) in [5.74, 6) is -0.482. The van der Waals surface area contributed by atoms with Gasteiger partial charge in [0.15, 0.2) is 6.04 Å². The molecule has 0 saturated carbocycles. The smallest absolute Gasteiger partial charge is 0.345 e. The minimum Gasteiger partial charge on any atom is -0.467 e.